The van der Waals surface area contributed by atoms with Gasteiger partial charge in [-0.15, -0.1) is 4.98 Å². The van der Waals surface area contributed by atoms with E-state index in [1.165, 1.54) is 20.3 Å². The minimum atomic E-state index is -4.39. The Morgan fingerprint density at radius 1 is 0.885 bits per heavy atom. The number of methoxy groups -OCH3 is 2. The van der Waals surface area contributed by atoms with E-state index in [0.29, 0.717) is 37.9 Å². The maximum absolute atomic E-state index is 12.6. The first-order valence-electron chi connectivity index (χ1n) is 7.78. The van der Waals surface area contributed by atoms with Crippen molar-refractivity contribution in [1.29, 1.82) is 0 Å². The fourth-order valence-corrected chi connectivity index (χ4v) is 2.53. The average molecular weight is 370 g/mol. The smallest absolute Gasteiger partial charge is 0.417 e. The number of alkyl halides is 3. The summed E-state index contributed by atoms with van der Waals surface area (Å²) >= 11 is 0. The van der Waals surface area contributed by atoms with Crippen molar-refractivity contribution in [1.82, 2.24) is 19.9 Å². The standard InChI is InChI=1S/C15H17F3N6O2/c1-25-13-20-12(21-14(22-13)26-2)24-7-5-23(6-8-24)11-4-3-10(9-19-11)15(16,17)18/h3-4,9H,5-8H2,1-2H3. The van der Waals surface area contributed by atoms with Crippen LogP contribution < -0.4 is 19.3 Å². The third-order valence-electron chi connectivity index (χ3n) is 3.91. The van der Waals surface area contributed by atoms with Crippen molar-refractivity contribution in [3.63, 3.8) is 0 Å². The number of hydrogen-bond acceptors (Lipinski definition) is 8. The summed E-state index contributed by atoms with van der Waals surface area (Å²) in [5.41, 5.74) is -0.760. The van der Waals surface area contributed by atoms with Crippen LogP contribution in [0, 0.1) is 0 Å². The van der Waals surface area contributed by atoms with Crippen molar-refractivity contribution >= 4 is 11.8 Å². The van der Waals surface area contributed by atoms with E-state index in [1.807, 2.05) is 9.80 Å². The molecule has 3 rings (SSSR count). The van der Waals surface area contributed by atoms with Gasteiger partial charge in [-0.1, -0.05) is 0 Å². The minimum Gasteiger partial charge on any atom is -0.467 e. The molecular formula is C15H17F3N6O2. The van der Waals surface area contributed by atoms with Gasteiger partial charge in [0.25, 0.3) is 0 Å². The first-order valence-corrected chi connectivity index (χ1v) is 7.78. The number of halogens is 3. The molecular weight excluding hydrogens is 353 g/mol. The summed E-state index contributed by atoms with van der Waals surface area (Å²) in [5, 5.41) is 0. The molecule has 0 saturated carbocycles. The minimum absolute atomic E-state index is 0.152. The van der Waals surface area contributed by atoms with Gasteiger partial charge in [0, 0.05) is 32.4 Å². The molecule has 0 amide bonds. The van der Waals surface area contributed by atoms with Crippen molar-refractivity contribution in [2.45, 2.75) is 6.18 Å². The first-order chi connectivity index (χ1) is 12.4. The molecule has 140 valence electrons. The summed E-state index contributed by atoms with van der Waals surface area (Å²) in [7, 11) is 2.90. The van der Waals surface area contributed by atoms with E-state index < -0.39 is 11.7 Å². The molecule has 0 aromatic carbocycles. The number of nitrogens with zero attached hydrogens (tertiary/aromatic N) is 6. The van der Waals surface area contributed by atoms with Gasteiger partial charge < -0.3 is 19.3 Å². The molecule has 1 aliphatic heterocycles. The highest BCUT2D eigenvalue weighted by molar-refractivity contribution is 5.43. The molecule has 0 radical (unpaired) electrons. The van der Waals surface area contributed by atoms with E-state index in [4.69, 9.17) is 9.47 Å². The van der Waals surface area contributed by atoms with E-state index in [9.17, 15) is 13.2 Å². The zero-order valence-electron chi connectivity index (χ0n) is 14.2. The largest absolute Gasteiger partial charge is 0.467 e. The number of hydrogen-bond donors (Lipinski definition) is 0. The zero-order chi connectivity index (χ0) is 18.7. The van der Waals surface area contributed by atoms with Gasteiger partial charge in [0.15, 0.2) is 0 Å². The van der Waals surface area contributed by atoms with Crippen LogP contribution in [0.15, 0.2) is 18.3 Å². The van der Waals surface area contributed by atoms with Gasteiger partial charge in [-0.25, -0.2) is 4.98 Å². The molecule has 26 heavy (non-hydrogen) atoms. The number of anilines is 2. The Labute approximate surface area is 147 Å². The summed E-state index contributed by atoms with van der Waals surface area (Å²) in [6.07, 6.45) is -3.54. The van der Waals surface area contributed by atoms with Gasteiger partial charge in [0.2, 0.25) is 5.95 Å². The van der Waals surface area contributed by atoms with Crippen LogP contribution in [-0.4, -0.2) is 60.3 Å². The number of rotatable bonds is 4. The Bertz CT molecular complexity index is 726. The van der Waals surface area contributed by atoms with Crippen LogP contribution in [-0.2, 0) is 6.18 Å². The third-order valence-corrected chi connectivity index (χ3v) is 3.91. The molecule has 0 aliphatic carbocycles. The molecule has 2 aromatic rings. The van der Waals surface area contributed by atoms with Gasteiger partial charge >= 0.3 is 18.2 Å². The van der Waals surface area contributed by atoms with Crippen LogP contribution in [0.3, 0.4) is 0 Å². The Balaban J connectivity index is 1.68. The highest BCUT2D eigenvalue weighted by atomic mass is 19.4. The predicted molar refractivity (Wildman–Crippen MR) is 86.6 cm³/mol. The molecule has 8 nitrogen and oxygen atoms in total. The second kappa shape index (κ2) is 7.18. The molecule has 0 atom stereocenters. The lowest BCUT2D eigenvalue weighted by atomic mass is 10.2. The van der Waals surface area contributed by atoms with Crippen LogP contribution >= 0.6 is 0 Å². The maximum atomic E-state index is 12.6. The monoisotopic (exact) mass is 370 g/mol. The summed E-state index contributed by atoms with van der Waals surface area (Å²) < 4.78 is 47.9. The van der Waals surface area contributed by atoms with Crippen molar-refractivity contribution in [3.05, 3.63) is 23.9 Å². The number of aromatic nitrogens is 4. The van der Waals surface area contributed by atoms with Crippen LogP contribution in [0.2, 0.25) is 0 Å². The van der Waals surface area contributed by atoms with Crippen LogP contribution in [0.4, 0.5) is 24.9 Å². The van der Waals surface area contributed by atoms with E-state index >= 15 is 0 Å². The molecule has 2 aromatic heterocycles. The number of pyridine rings is 1. The van der Waals surface area contributed by atoms with Crippen LogP contribution in [0.1, 0.15) is 5.56 Å². The second-order valence-corrected chi connectivity index (χ2v) is 5.49. The SMILES string of the molecule is COc1nc(OC)nc(N2CCN(c3ccc(C(F)(F)F)cn3)CC2)n1. The quantitative estimate of drug-likeness (QED) is 0.804. The van der Waals surface area contributed by atoms with Crippen molar-refractivity contribution in [3.8, 4) is 12.0 Å². The zero-order valence-corrected chi connectivity index (χ0v) is 14.2. The van der Waals surface area contributed by atoms with Gasteiger partial charge in [-0.3, -0.25) is 0 Å². The summed E-state index contributed by atoms with van der Waals surface area (Å²) in [6.45, 7) is 2.27. The summed E-state index contributed by atoms with van der Waals surface area (Å²) in [6, 6.07) is 2.72. The first kappa shape index (κ1) is 18.0. The van der Waals surface area contributed by atoms with Gasteiger partial charge in [0.05, 0.1) is 19.8 Å². The lowest BCUT2D eigenvalue weighted by molar-refractivity contribution is -0.137. The average Bonchev–Trinajstić information content (AvgIpc) is 2.67. The van der Waals surface area contributed by atoms with Gasteiger partial charge in [0.1, 0.15) is 5.82 Å². The van der Waals surface area contributed by atoms with E-state index in [1.54, 1.807) is 0 Å². The Kier molecular flexibility index (Phi) is 4.96. The van der Waals surface area contributed by atoms with E-state index in [2.05, 4.69) is 19.9 Å². The predicted octanol–water partition coefficient (Wildman–Crippen LogP) is 1.63. The van der Waals surface area contributed by atoms with Crippen molar-refractivity contribution in [2.75, 3.05) is 50.2 Å². The Hall–Kier alpha value is -2.85. The molecule has 0 bridgehead atoms. The Morgan fingerprint density at radius 2 is 1.46 bits per heavy atom. The maximum Gasteiger partial charge on any atom is 0.417 e. The lowest BCUT2D eigenvalue weighted by Gasteiger charge is -2.35. The van der Waals surface area contributed by atoms with Crippen LogP contribution in [0.5, 0.6) is 12.0 Å². The number of piperazine rings is 1. The highest BCUT2D eigenvalue weighted by Gasteiger charge is 2.31. The summed E-state index contributed by atoms with van der Waals surface area (Å²) in [4.78, 5) is 20.1. The lowest BCUT2D eigenvalue weighted by Crippen LogP contribution is -2.47. The topological polar surface area (TPSA) is 76.5 Å². The van der Waals surface area contributed by atoms with E-state index in [0.717, 1.165) is 12.3 Å². The fourth-order valence-electron chi connectivity index (χ4n) is 2.53. The summed E-state index contributed by atoms with van der Waals surface area (Å²) in [5.74, 6) is 0.928. The van der Waals surface area contributed by atoms with Gasteiger partial charge in [-0.2, -0.15) is 23.1 Å². The molecule has 1 fully saturated rings. The molecule has 0 N–H and O–H groups in total. The molecule has 11 heteroatoms. The van der Waals surface area contributed by atoms with Crippen molar-refractivity contribution < 1.29 is 22.6 Å². The Morgan fingerprint density at radius 3 is 1.92 bits per heavy atom. The normalized spacial score (nSPS) is 15.1. The van der Waals surface area contributed by atoms with E-state index in [-0.39, 0.29) is 12.0 Å². The number of ether oxygens (including phenoxy) is 2. The molecule has 1 saturated heterocycles. The molecule has 1 aliphatic rings. The molecule has 0 spiro atoms. The van der Waals surface area contributed by atoms with Crippen LogP contribution in [0.25, 0.3) is 0 Å². The molecule has 0 unspecified atom stereocenters. The van der Waals surface area contributed by atoms with Gasteiger partial charge in [-0.05, 0) is 12.1 Å². The third kappa shape index (κ3) is 3.86. The van der Waals surface area contributed by atoms with Crippen molar-refractivity contribution in [2.24, 2.45) is 0 Å². The highest BCUT2D eigenvalue weighted by Crippen LogP contribution is 2.29. The molecule has 3 heterocycles. The second-order valence-electron chi connectivity index (χ2n) is 5.49. The fraction of sp³-hybridized carbons (Fsp3) is 0.467.